The van der Waals surface area contributed by atoms with Crippen molar-refractivity contribution < 1.29 is 19.4 Å². The molecule has 3 fully saturated rings. The molecule has 1 aromatic heterocycles. The Balaban J connectivity index is 1.53. The summed E-state index contributed by atoms with van der Waals surface area (Å²) < 4.78 is 10.2. The van der Waals surface area contributed by atoms with Gasteiger partial charge in [0.15, 0.2) is 12.4 Å². The summed E-state index contributed by atoms with van der Waals surface area (Å²) in [6.45, 7) is -0.124. The molecule has 3 saturated carbocycles. The predicted octanol–water partition coefficient (Wildman–Crippen LogP) is -0.245. The monoisotopic (exact) mass is 322 g/mol. The van der Waals surface area contributed by atoms with Crippen molar-refractivity contribution in [2.45, 2.75) is 49.3 Å². The summed E-state index contributed by atoms with van der Waals surface area (Å²) in [6.07, 6.45) is 5.86. The lowest BCUT2D eigenvalue weighted by Crippen LogP contribution is -2.68. The van der Waals surface area contributed by atoms with Gasteiger partial charge in [-0.3, -0.25) is 4.79 Å². The van der Waals surface area contributed by atoms with Gasteiger partial charge in [-0.2, -0.15) is 9.97 Å². The first-order chi connectivity index (χ1) is 10.9. The number of fused-ring (bicyclic) bond motifs is 3. The Morgan fingerprint density at radius 2 is 2.04 bits per heavy atom. The zero-order valence-electron chi connectivity index (χ0n) is 13.1. The van der Waals surface area contributed by atoms with E-state index in [2.05, 4.69) is 15.3 Å². The zero-order chi connectivity index (χ0) is 16.5. The van der Waals surface area contributed by atoms with Gasteiger partial charge in [0, 0.05) is 11.1 Å². The molecule has 0 radical (unpaired) electrons. The molecule has 0 aliphatic heterocycles. The predicted molar refractivity (Wildman–Crippen MR) is 81.0 cm³/mol. The van der Waals surface area contributed by atoms with E-state index in [9.17, 15) is 9.90 Å². The molecule has 4 rings (SSSR count). The summed E-state index contributed by atoms with van der Waals surface area (Å²) in [5, 5.41) is 13.2. The molecule has 8 heteroatoms. The molecular formula is C15H22N4O4. The van der Waals surface area contributed by atoms with Crippen molar-refractivity contribution in [3.05, 3.63) is 12.4 Å². The van der Waals surface area contributed by atoms with Crippen LogP contribution in [-0.2, 0) is 4.79 Å². The number of aliphatic hydroxyl groups is 1. The molecule has 4 N–H and O–H groups in total. The third-order valence-electron chi connectivity index (χ3n) is 4.95. The van der Waals surface area contributed by atoms with Crippen LogP contribution in [0.25, 0.3) is 0 Å². The van der Waals surface area contributed by atoms with Gasteiger partial charge >= 0.3 is 6.01 Å². The quantitative estimate of drug-likeness (QED) is 0.684. The number of hydrogen-bond acceptors (Lipinski definition) is 7. The number of hydrogen-bond donors (Lipinski definition) is 3. The second-order valence-corrected chi connectivity index (χ2v) is 6.48. The maximum Gasteiger partial charge on any atom is 0.316 e. The van der Waals surface area contributed by atoms with Crippen molar-refractivity contribution in [2.24, 2.45) is 5.73 Å². The lowest BCUT2D eigenvalue weighted by Gasteiger charge is -2.54. The maximum absolute atomic E-state index is 12.2. The van der Waals surface area contributed by atoms with Crippen LogP contribution in [0.1, 0.15) is 32.1 Å². The molecule has 0 spiro atoms. The second-order valence-electron chi connectivity index (χ2n) is 6.48. The molecule has 1 aromatic rings. The number of nitrogens with one attached hydrogen (secondary N) is 1. The number of methoxy groups -OCH3 is 1. The number of aromatic nitrogens is 2. The molecule has 1 heterocycles. The summed E-state index contributed by atoms with van der Waals surface area (Å²) in [5.41, 5.74) is 5.33. The molecule has 126 valence electrons. The van der Waals surface area contributed by atoms with Gasteiger partial charge in [-0.1, -0.05) is 0 Å². The number of rotatable bonds is 5. The van der Waals surface area contributed by atoms with Crippen molar-refractivity contribution in [3.63, 3.8) is 0 Å². The highest BCUT2D eigenvalue weighted by atomic mass is 16.5. The van der Waals surface area contributed by atoms with E-state index < -0.39 is 11.6 Å². The lowest BCUT2D eigenvalue weighted by molar-refractivity contribution is -0.128. The van der Waals surface area contributed by atoms with Gasteiger partial charge in [-0.15, -0.1) is 0 Å². The molecular weight excluding hydrogens is 300 g/mol. The van der Waals surface area contributed by atoms with Crippen LogP contribution in [0.3, 0.4) is 0 Å². The summed E-state index contributed by atoms with van der Waals surface area (Å²) in [7, 11) is 1.47. The summed E-state index contributed by atoms with van der Waals surface area (Å²) >= 11 is 0. The van der Waals surface area contributed by atoms with Crippen LogP contribution < -0.4 is 20.5 Å². The smallest absolute Gasteiger partial charge is 0.316 e. The van der Waals surface area contributed by atoms with E-state index in [1.807, 2.05) is 0 Å². The zero-order valence-corrected chi connectivity index (χ0v) is 13.1. The number of ether oxygens (including phenoxy) is 2. The van der Waals surface area contributed by atoms with Gasteiger partial charge in [-0.25, -0.2) is 0 Å². The van der Waals surface area contributed by atoms with Gasteiger partial charge in [-0.05, 0) is 32.1 Å². The maximum atomic E-state index is 12.2. The average Bonchev–Trinajstić information content (AvgIpc) is 2.55. The minimum Gasteiger partial charge on any atom is -0.481 e. The normalized spacial score (nSPS) is 32.4. The Bertz CT molecular complexity index is 569. The van der Waals surface area contributed by atoms with Crippen LogP contribution in [0, 0.1) is 0 Å². The first kappa shape index (κ1) is 15.9. The molecule has 1 unspecified atom stereocenters. The number of amides is 1. The molecule has 1 amide bonds. The highest BCUT2D eigenvalue weighted by molar-refractivity contribution is 5.78. The first-order valence-electron chi connectivity index (χ1n) is 7.72. The average molecular weight is 322 g/mol. The van der Waals surface area contributed by atoms with E-state index in [1.54, 1.807) is 0 Å². The third kappa shape index (κ3) is 3.23. The van der Waals surface area contributed by atoms with Gasteiger partial charge < -0.3 is 25.6 Å². The Hall–Kier alpha value is -1.93. The van der Waals surface area contributed by atoms with E-state index >= 15 is 0 Å². The number of aliphatic hydroxyl groups excluding tert-OH is 1. The fourth-order valence-corrected chi connectivity index (χ4v) is 3.45. The fraction of sp³-hybridized carbons (Fsp3) is 0.667. The minimum absolute atomic E-state index is 0.124. The van der Waals surface area contributed by atoms with Crippen LogP contribution >= 0.6 is 0 Å². The van der Waals surface area contributed by atoms with E-state index in [4.69, 9.17) is 15.2 Å². The minimum atomic E-state index is -0.568. The van der Waals surface area contributed by atoms with E-state index in [1.165, 1.54) is 19.5 Å². The Morgan fingerprint density at radius 1 is 1.39 bits per heavy atom. The third-order valence-corrected chi connectivity index (χ3v) is 4.95. The standard InChI is InChI=1S/C15H22N4O4/c1-22-13-17-7-10(8-18-13)23-9-12(21)19-14-2-4-15(16,5-3-14)11(20)6-14/h7-8,11,20H,2-6,9,16H2,1H3,(H,19,21). The van der Waals surface area contributed by atoms with Crippen LogP contribution in [0.2, 0.25) is 0 Å². The Kier molecular flexibility index (Phi) is 4.11. The molecule has 2 bridgehead atoms. The van der Waals surface area contributed by atoms with E-state index in [-0.39, 0.29) is 24.1 Å². The molecule has 3 aliphatic rings. The molecule has 0 saturated heterocycles. The van der Waals surface area contributed by atoms with Crippen LogP contribution in [0.15, 0.2) is 12.4 Å². The summed E-state index contributed by atoms with van der Waals surface area (Å²) in [5.74, 6) is 0.172. The number of carbonyl (C=O) groups excluding carboxylic acids is 1. The van der Waals surface area contributed by atoms with Crippen molar-refractivity contribution in [1.82, 2.24) is 15.3 Å². The number of nitrogens with two attached hydrogens (primary N) is 1. The van der Waals surface area contributed by atoms with Crippen molar-refractivity contribution in [1.29, 1.82) is 0 Å². The molecule has 0 aromatic carbocycles. The van der Waals surface area contributed by atoms with E-state index in [0.29, 0.717) is 12.2 Å². The topological polar surface area (TPSA) is 120 Å². The SMILES string of the molecule is COc1ncc(OCC(=O)NC23CCC(N)(CC2)C(O)C3)cn1. The lowest BCUT2D eigenvalue weighted by atomic mass is 9.60. The van der Waals surface area contributed by atoms with Crippen molar-refractivity contribution in [2.75, 3.05) is 13.7 Å². The molecule has 23 heavy (non-hydrogen) atoms. The number of nitrogens with zero attached hydrogens (tertiary/aromatic N) is 2. The summed E-state index contributed by atoms with van der Waals surface area (Å²) in [6, 6.07) is 0.240. The van der Waals surface area contributed by atoms with Crippen molar-refractivity contribution >= 4 is 5.91 Å². The fourth-order valence-electron chi connectivity index (χ4n) is 3.45. The Morgan fingerprint density at radius 3 is 2.61 bits per heavy atom. The van der Waals surface area contributed by atoms with Crippen LogP contribution in [-0.4, -0.2) is 51.9 Å². The van der Waals surface area contributed by atoms with Gasteiger partial charge in [0.25, 0.3) is 5.91 Å². The van der Waals surface area contributed by atoms with Gasteiger partial charge in [0.05, 0.1) is 25.6 Å². The highest BCUT2D eigenvalue weighted by Gasteiger charge is 2.52. The largest absolute Gasteiger partial charge is 0.481 e. The van der Waals surface area contributed by atoms with Crippen molar-refractivity contribution in [3.8, 4) is 11.8 Å². The van der Waals surface area contributed by atoms with Crippen LogP contribution in [0.4, 0.5) is 0 Å². The molecule has 8 nitrogen and oxygen atoms in total. The van der Waals surface area contributed by atoms with Gasteiger partial charge in [0.1, 0.15) is 0 Å². The molecule has 1 atom stereocenters. The Labute approximate surface area is 134 Å². The molecule has 3 aliphatic carbocycles. The van der Waals surface area contributed by atoms with Crippen LogP contribution in [0.5, 0.6) is 11.8 Å². The number of carbonyl (C=O) groups is 1. The first-order valence-corrected chi connectivity index (χ1v) is 7.72. The summed E-state index contributed by atoms with van der Waals surface area (Å²) in [4.78, 5) is 20.0. The highest BCUT2D eigenvalue weighted by Crippen LogP contribution is 2.45. The van der Waals surface area contributed by atoms with Gasteiger partial charge in [0.2, 0.25) is 0 Å². The second kappa shape index (κ2) is 5.93. The van der Waals surface area contributed by atoms with E-state index in [0.717, 1.165) is 25.7 Å².